The molecule has 0 saturated carbocycles. The number of benzene rings is 2. The summed E-state index contributed by atoms with van der Waals surface area (Å²) in [6.07, 6.45) is 2.67. The van der Waals surface area contributed by atoms with Crippen LogP contribution < -0.4 is 16.0 Å². The third-order valence-corrected chi connectivity index (χ3v) is 7.55. The van der Waals surface area contributed by atoms with Gasteiger partial charge >= 0.3 is 6.03 Å². The van der Waals surface area contributed by atoms with Gasteiger partial charge in [0.15, 0.2) is 5.65 Å². The summed E-state index contributed by atoms with van der Waals surface area (Å²) in [6.45, 7) is 6.13. The lowest BCUT2D eigenvalue weighted by atomic mass is 10.0. The first-order valence-electron chi connectivity index (χ1n) is 13.0. The maximum absolute atomic E-state index is 12.9. The van der Waals surface area contributed by atoms with Crippen LogP contribution in [0.1, 0.15) is 6.42 Å². The van der Waals surface area contributed by atoms with E-state index in [-0.39, 0.29) is 5.82 Å². The maximum Gasteiger partial charge on any atom is 0.324 e. The molecule has 3 N–H and O–H groups in total. The molecule has 1 fully saturated rings. The molecule has 208 valence electrons. The van der Waals surface area contributed by atoms with Gasteiger partial charge in [0.25, 0.3) is 0 Å². The number of nitrogens with zero attached hydrogens (tertiary/aromatic N) is 5. The largest absolute Gasteiger partial charge is 0.354 e. The summed E-state index contributed by atoms with van der Waals surface area (Å²) in [5, 5.41) is 11.0. The van der Waals surface area contributed by atoms with Crippen molar-refractivity contribution in [3.63, 3.8) is 0 Å². The first kappa shape index (κ1) is 28.3. The van der Waals surface area contributed by atoms with Crippen LogP contribution >= 0.6 is 34.8 Å². The van der Waals surface area contributed by atoms with Gasteiger partial charge in [0, 0.05) is 66.1 Å². The number of hydrogen-bond acceptors (Lipinski definition) is 7. The molecular formula is C28H29Cl3N8O. The Morgan fingerprint density at radius 3 is 2.40 bits per heavy atom. The molecule has 0 spiro atoms. The van der Waals surface area contributed by atoms with Crippen molar-refractivity contribution in [1.82, 2.24) is 24.8 Å². The zero-order valence-electron chi connectivity index (χ0n) is 21.9. The van der Waals surface area contributed by atoms with E-state index < -0.39 is 6.03 Å². The number of aromatic nitrogens is 3. The number of piperazine rings is 1. The summed E-state index contributed by atoms with van der Waals surface area (Å²) < 4.78 is 0. The lowest BCUT2D eigenvalue weighted by Crippen LogP contribution is -2.44. The van der Waals surface area contributed by atoms with Crippen molar-refractivity contribution in [2.75, 3.05) is 62.3 Å². The molecule has 12 heteroatoms. The number of pyridine rings is 1. The van der Waals surface area contributed by atoms with Gasteiger partial charge in [-0.3, -0.25) is 5.32 Å². The second-order valence-electron chi connectivity index (χ2n) is 9.60. The second kappa shape index (κ2) is 13.0. The molecule has 5 rings (SSSR count). The van der Waals surface area contributed by atoms with E-state index in [9.17, 15) is 4.79 Å². The molecule has 3 heterocycles. The van der Waals surface area contributed by atoms with E-state index in [1.165, 1.54) is 0 Å². The van der Waals surface area contributed by atoms with Crippen LogP contribution in [0.4, 0.5) is 22.2 Å². The van der Waals surface area contributed by atoms with Crippen molar-refractivity contribution >= 4 is 69.3 Å². The van der Waals surface area contributed by atoms with Gasteiger partial charge in [-0.1, -0.05) is 40.9 Å². The van der Waals surface area contributed by atoms with Crippen molar-refractivity contribution in [3.05, 3.63) is 69.8 Å². The van der Waals surface area contributed by atoms with E-state index in [2.05, 4.69) is 47.7 Å². The smallest absolute Gasteiger partial charge is 0.324 e. The zero-order chi connectivity index (χ0) is 28.1. The van der Waals surface area contributed by atoms with E-state index in [1.807, 2.05) is 6.07 Å². The Labute approximate surface area is 247 Å². The minimum atomic E-state index is -0.491. The van der Waals surface area contributed by atoms with E-state index in [0.717, 1.165) is 45.7 Å². The van der Waals surface area contributed by atoms with Crippen molar-refractivity contribution < 1.29 is 4.79 Å². The summed E-state index contributed by atoms with van der Waals surface area (Å²) in [4.78, 5) is 31.5. The van der Waals surface area contributed by atoms with Gasteiger partial charge in [-0.05, 0) is 62.5 Å². The Bertz CT molecular complexity index is 1470. The molecule has 4 aromatic rings. The molecule has 1 saturated heterocycles. The minimum Gasteiger partial charge on any atom is -0.354 e. The number of likely N-dealkylation sites (N-methyl/N-ethyl adjacent to an activating group) is 1. The van der Waals surface area contributed by atoms with E-state index in [0.29, 0.717) is 48.9 Å². The van der Waals surface area contributed by atoms with Gasteiger partial charge in [-0.2, -0.15) is 4.98 Å². The standard InChI is InChI=1S/C28H29Cl3N8O/c1-38-12-14-39(15-13-38)11-3-10-32-27-33-17-18-16-21(24-22(30)4-2-5-23(24)31)26(35-25(18)36-27)37-28(40)34-20-8-6-19(29)7-9-20/h2,4-9,16-17H,3,10-15H2,1H3,(H3,32,33,34,35,36,37,40). The molecule has 2 amide bonds. The van der Waals surface area contributed by atoms with Crippen LogP contribution in [0.2, 0.25) is 15.1 Å². The summed E-state index contributed by atoms with van der Waals surface area (Å²) in [5.41, 5.74) is 2.09. The fraction of sp³-hybridized carbons (Fsp3) is 0.286. The Morgan fingerprint density at radius 2 is 1.68 bits per heavy atom. The lowest BCUT2D eigenvalue weighted by molar-refractivity contribution is 0.154. The van der Waals surface area contributed by atoms with Crippen LogP contribution in [0.5, 0.6) is 0 Å². The van der Waals surface area contributed by atoms with Crippen molar-refractivity contribution in [2.24, 2.45) is 0 Å². The number of hydrogen-bond donors (Lipinski definition) is 3. The van der Waals surface area contributed by atoms with Crippen molar-refractivity contribution in [1.29, 1.82) is 0 Å². The Morgan fingerprint density at radius 1 is 0.950 bits per heavy atom. The van der Waals surface area contributed by atoms with Gasteiger partial charge in [-0.15, -0.1) is 0 Å². The van der Waals surface area contributed by atoms with Gasteiger partial charge < -0.3 is 20.4 Å². The number of halogens is 3. The number of nitrogens with one attached hydrogen (secondary N) is 3. The molecule has 1 aliphatic heterocycles. The Balaban J connectivity index is 1.36. The monoisotopic (exact) mass is 598 g/mol. The molecule has 9 nitrogen and oxygen atoms in total. The number of carbonyl (C=O) groups excluding carboxylic acids is 1. The predicted molar refractivity (Wildman–Crippen MR) is 164 cm³/mol. The molecule has 0 bridgehead atoms. The maximum atomic E-state index is 12.9. The number of amides is 2. The Kier molecular flexibility index (Phi) is 9.18. The topological polar surface area (TPSA) is 98.3 Å². The van der Waals surface area contributed by atoms with Gasteiger partial charge in [0.05, 0.1) is 10.0 Å². The lowest BCUT2D eigenvalue weighted by Gasteiger charge is -2.32. The van der Waals surface area contributed by atoms with Crippen LogP contribution in [-0.4, -0.2) is 77.1 Å². The highest BCUT2D eigenvalue weighted by Crippen LogP contribution is 2.39. The van der Waals surface area contributed by atoms with Crippen molar-refractivity contribution in [2.45, 2.75) is 6.42 Å². The second-order valence-corrected chi connectivity index (χ2v) is 10.8. The quantitative estimate of drug-likeness (QED) is 0.203. The number of urea groups is 1. The highest BCUT2D eigenvalue weighted by Gasteiger charge is 2.18. The third-order valence-electron chi connectivity index (χ3n) is 6.66. The summed E-state index contributed by atoms with van der Waals surface area (Å²) in [5.74, 6) is 0.729. The van der Waals surface area contributed by atoms with Crippen LogP contribution in [0, 0.1) is 0 Å². The molecule has 40 heavy (non-hydrogen) atoms. The minimum absolute atomic E-state index is 0.258. The molecular weight excluding hydrogens is 571 g/mol. The Hall–Kier alpha value is -3.21. The van der Waals surface area contributed by atoms with Crippen LogP contribution in [-0.2, 0) is 0 Å². The van der Waals surface area contributed by atoms with E-state index in [1.54, 1.807) is 48.7 Å². The van der Waals surface area contributed by atoms with E-state index >= 15 is 0 Å². The van der Waals surface area contributed by atoms with Gasteiger partial charge in [0.2, 0.25) is 5.95 Å². The molecule has 0 unspecified atom stereocenters. The fourth-order valence-corrected chi connectivity index (χ4v) is 5.19. The van der Waals surface area contributed by atoms with E-state index in [4.69, 9.17) is 34.8 Å². The first-order valence-corrected chi connectivity index (χ1v) is 14.1. The predicted octanol–water partition coefficient (Wildman–Crippen LogP) is 6.35. The summed E-state index contributed by atoms with van der Waals surface area (Å²) >= 11 is 19.0. The van der Waals surface area contributed by atoms with Gasteiger partial charge in [0.1, 0.15) is 5.82 Å². The number of rotatable bonds is 8. The van der Waals surface area contributed by atoms with Crippen molar-refractivity contribution in [3.8, 4) is 11.1 Å². The molecule has 0 atom stereocenters. The summed E-state index contributed by atoms with van der Waals surface area (Å²) in [7, 11) is 2.16. The average Bonchev–Trinajstić information content (AvgIpc) is 2.93. The normalized spacial score (nSPS) is 14.3. The first-order chi connectivity index (χ1) is 19.4. The number of fused-ring (bicyclic) bond motifs is 1. The van der Waals surface area contributed by atoms with Gasteiger partial charge in [-0.25, -0.2) is 14.8 Å². The van der Waals surface area contributed by atoms with Crippen LogP contribution in [0.15, 0.2) is 54.7 Å². The molecule has 0 radical (unpaired) electrons. The fourth-order valence-electron chi connectivity index (χ4n) is 4.47. The number of carbonyl (C=O) groups is 1. The SMILES string of the molecule is CN1CCN(CCCNc2ncc3cc(-c4c(Cl)cccc4Cl)c(NC(=O)Nc4ccc(Cl)cc4)nc3n2)CC1. The highest BCUT2D eigenvalue weighted by atomic mass is 35.5. The number of anilines is 3. The summed E-state index contributed by atoms with van der Waals surface area (Å²) in [6, 6.07) is 13.3. The average molecular weight is 600 g/mol. The highest BCUT2D eigenvalue weighted by molar-refractivity contribution is 6.39. The molecule has 1 aliphatic rings. The molecule has 2 aromatic carbocycles. The third kappa shape index (κ3) is 7.10. The molecule has 0 aliphatic carbocycles. The van der Waals surface area contributed by atoms with Crippen LogP contribution in [0.25, 0.3) is 22.2 Å². The van der Waals surface area contributed by atoms with Crippen LogP contribution in [0.3, 0.4) is 0 Å². The molecule has 2 aromatic heterocycles. The zero-order valence-corrected chi connectivity index (χ0v) is 24.2.